The van der Waals surface area contributed by atoms with Crippen molar-refractivity contribution in [2.75, 3.05) is 6.26 Å². The van der Waals surface area contributed by atoms with Crippen LogP contribution in [0.2, 0.25) is 0 Å². The van der Waals surface area contributed by atoms with Gasteiger partial charge in [-0.3, -0.25) is 0 Å². The number of esters is 1. The molecule has 0 fully saturated rings. The van der Waals surface area contributed by atoms with Crippen molar-refractivity contribution in [1.82, 2.24) is 0 Å². The molecular formula is C16H12O2S. The average molecular weight is 268 g/mol. The highest BCUT2D eigenvalue weighted by Gasteiger charge is 2.26. The van der Waals surface area contributed by atoms with Crippen LogP contribution >= 0.6 is 11.8 Å². The number of carbonyl (C=O) groups excluding carboxylic acids is 1. The summed E-state index contributed by atoms with van der Waals surface area (Å²) in [4.78, 5) is 13.1. The van der Waals surface area contributed by atoms with Gasteiger partial charge in [0, 0.05) is 10.5 Å². The Morgan fingerprint density at radius 2 is 1.79 bits per heavy atom. The number of hydrogen-bond acceptors (Lipinski definition) is 3. The minimum absolute atomic E-state index is 0.280. The van der Waals surface area contributed by atoms with Gasteiger partial charge in [-0.15, -0.1) is 11.8 Å². The van der Waals surface area contributed by atoms with Gasteiger partial charge in [-0.1, -0.05) is 36.4 Å². The van der Waals surface area contributed by atoms with Crippen LogP contribution in [0.25, 0.3) is 11.6 Å². The third-order valence-electron chi connectivity index (χ3n) is 3.04. The fourth-order valence-electron chi connectivity index (χ4n) is 2.12. The second kappa shape index (κ2) is 4.94. The van der Waals surface area contributed by atoms with Crippen LogP contribution in [0.5, 0.6) is 5.75 Å². The Balaban J connectivity index is 2.11. The molecule has 0 unspecified atom stereocenters. The van der Waals surface area contributed by atoms with Crippen molar-refractivity contribution in [3.8, 4) is 5.75 Å². The zero-order valence-electron chi connectivity index (χ0n) is 10.4. The Bertz CT molecular complexity index is 674. The Labute approximate surface area is 116 Å². The lowest BCUT2D eigenvalue weighted by molar-refractivity contribution is -0.126. The average Bonchev–Trinajstić information content (AvgIpc) is 2.76. The Morgan fingerprint density at radius 3 is 2.63 bits per heavy atom. The van der Waals surface area contributed by atoms with E-state index in [-0.39, 0.29) is 5.97 Å². The second-order valence-electron chi connectivity index (χ2n) is 4.19. The van der Waals surface area contributed by atoms with Crippen LogP contribution in [-0.4, -0.2) is 12.2 Å². The van der Waals surface area contributed by atoms with E-state index in [1.54, 1.807) is 11.8 Å². The first kappa shape index (κ1) is 12.1. The molecule has 0 atom stereocenters. The molecule has 0 bridgehead atoms. The molecule has 3 heteroatoms. The van der Waals surface area contributed by atoms with Crippen LogP contribution in [0.15, 0.2) is 53.4 Å². The highest BCUT2D eigenvalue weighted by Crippen LogP contribution is 2.36. The minimum atomic E-state index is -0.280. The standard InChI is InChI=1S/C16H12O2S/c1-19-15-9-5-2-6-11(15)10-13-12-7-3-4-8-14(12)18-16(13)17/h2-10H,1H3/b13-10+. The second-order valence-corrected chi connectivity index (χ2v) is 5.03. The quantitative estimate of drug-likeness (QED) is 0.358. The van der Waals surface area contributed by atoms with Crippen molar-refractivity contribution in [2.24, 2.45) is 0 Å². The van der Waals surface area contributed by atoms with Gasteiger partial charge in [0.2, 0.25) is 0 Å². The summed E-state index contributed by atoms with van der Waals surface area (Å²) in [7, 11) is 0. The van der Waals surface area contributed by atoms with Gasteiger partial charge in [-0.05, 0) is 30.0 Å². The third kappa shape index (κ3) is 2.17. The molecule has 94 valence electrons. The van der Waals surface area contributed by atoms with Crippen molar-refractivity contribution >= 4 is 29.4 Å². The Hall–Kier alpha value is -2.00. The molecule has 0 amide bonds. The lowest BCUT2D eigenvalue weighted by atomic mass is 10.0. The molecule has 2 aromatic carbocycles. The van der Waals surface area contributed by atoms with E-state index in [9.17, 15) is 4.79 Å². The molecule has 1 heterocycles. The monoisotopic (exact) mass is 268 g/mol. The molecule has 0 saturated carbocycles. The maximum Gasteiger partial charge on any atom is 0.344 e. The number of carbonyl (C=O) groups is 1. The molecular weight excluding hydrogens is 256 g/mol. The number of hydrogen-bond donors (Lipinski definition) is 0. The third-order valence-corrected chi connectivity index (χ3v) is 3.85. The highest BCUT2D eigenvalue weighted by atomic mass is 32.2. The van der Waals surface area contributed by atoms with E-state index in [0.29, 0.717) is 11.3 Å². The van der Waals surface area contributed by atoms with Crippen LogP contribution in [0.4, 0.5) is 0 Å². The van der Waals surface area contributed by atoms with Gasteiger partial charge in [0.15, 0.2) is 0 Å². The minimum Gasteiger partial charge on any atom is -0.422 e. The molecule has 0 radical (unpaired) electrons. The number of para-hydroxylation sites is 1. The van der Waals surface area contributed by atoms with E-state index in [2.05, 4.69) is 0 Å². The van der Waals surface area contributed by atoms with Crippen molar-refractivity contribution in [3.05, 3.63) is 59.7 Å². The Morgan fingerprint density at radius 1 is 1.05 bits per heavy atom. The van der Waals surface area contributed by atoms with Gasteiger partial charge in [0.05, 0.1) is 5.57 Å². The first-order valence-corrected chi connectivity index (χ1v) is 7.18. The normalized spacial score (nSPS) is 15.4. The highest BCUT2D eigenvalue weighted by molar-refractivity contribution is 7.98. The molecule has 0 aliphatic carbocycles. The zero-order valence-corrected chi connectivity index (χ0v) is 11.2. The largest absolute Gasteiger partial charge is 0.422 e. The maximum atomic E-state index is 11.9. The van der Waals surface area contributed by atoms with Crippen molar-refractivity contribution < 1.29 is 9.53 Å². The molecule has 1 aliphatic rings. The van der Waals surface area contributed by atoms with Crippen molar-refractivity contribution in [2.45, 2.75) is 4.90 Å². The summed E-state index contributed by atoms with van der Waals surface area (Å²) in [5, 5.41) is 0. The van der Waals surface area contributed by atoms with Gasteiger partial charge in [-0.25, -0.2) is 4.79 Å². The van der Waals surface area contributed by atoms with Crippen molar-refractivity contribution in [3.63, 3.8) is 0 Å². The molecule has 0 saturated heterocycles. The summed E-state index contributed by atoms with van der Waals surface area (Å²) in [6.07, 6.45) is 3.93. The van der Waals surface area contributed by atoms with Crippen LogP contribution in [0.1, 0.15) is 11.1 Å². The number of rotatable bonds is 2. The van der Waals surface area contributed by atoms with E-state index in [0.717, 1.165) is 16.0 Å². The van der Waals surface area contributed by atoms with E-state index < -0.39 is 0 Å². The summed E-state index contributed by atoms with van der Waals surface area (Å²) < 4.78 is 5.25. The van der Waals surface area contributed by atoms with Gasteiger partial charge >= 0.3 is 5.97 Å². The van der Waals surface area contributed by atoms with Gasteiger partial charge < -0.3 is 4.74 Å². The van der Waals surface area contributed by atoms with E-state index in [1.807, 2.05) is 60.9 Å². The smallest absolute Gasteiger partial charge is 0.344 e. The van der Waals surface area contributed by atoms with E-state index >= 15 is 0 Å². The number of fused-ring (bicyclic) bond motifs is 1. The van der Waals surface area contributed by atoms with Gasteiger partial charge in [0.1, 0.15) is 5.75 Å². The topological polar surface area (TPSA) is 26.3 Å². The predicted molar refractivity (Wildman–Crippen MR) is 78.2 cm³/mol. The van der Waals surface area contributed by atoms with Gasteiger partial charge in [0.25, 0.3) is 0 Å². The SMILES string of the molecule is CSc1ccccc1/C=C1/C(=O)Oc2ccccc21. The zero-order chi connectivity index (χ0) is 13.2. The first-order chi connectivity index (χ1) is 9.29. The summed E-state index contributed by atoms with van der Waals surface area (Å²) in [6, 6.07) is 15.5. The lowest BCUT2D eigenvalue weighted by Gasteiger charge is -2.02. The summed E-state index contributed by atoms with van der Waals surface area (Å²) >= 11 is 1.66. The maximum absolute atomic E-state index is 11.9. The molecule has 2 aromatic rings. The fourth-order valence-corrected chi connectivity index (χ4v) is 2.70. The predicted octanol–water partition coefficient (Wildman–Crippen LogP) is 3.87. The van der Waals surface area contributed by atoms with Crippen LogP contribution in [0.3, 0.4) is 0 Å². The summed E-state index contributed by atoms with van der Waals surface area (Å²) in [5.74, 6) is 0.359. The molecule has 2 nitrogen and oxygen atoms in total. The lowest BCUT2D eigenvalue weighted by Crippen LogP contribution is -2.00. The van der Waals surface area contributed by atoms with Crippen LogP contribution < -0.4 is 4.74 Å². The summed E-state index contributed by atoms with van der Waals surface area (Å²) in [6.45, 7) is 0. The van der Waals surface area contributed by atoms with Crippen LogP contribution in [0, 0.1) is 0 Å². The molecule has 19 heavy (non-hydrogen) atoms. The molecule has 0 spiro atoms. The molecule has 0 aromatic heterocycles. The van der Waals surface area contributed by atoms with Crippen LogP contribution in [-0.2, 0) is 4.79 Å². The summed E-state index contributed by atoms with van der Waals surface area (Å²) in [5.41, 5.74) is 2.53. The molecule has 3 rings (SSSR count). The number of thioether (sulfide) groups is 1. The van der Waals surface area contributed by atoms with E-state index in [4.69, 9.17) is 4.74 Å². The van der Waals surface area contributed by atoms with Gasteiger partial charge in [-0.2, -0.15) is 0 Å². The first-order valence-electron chi connectivity index (χ1n) is 5.96. The van der Waals surface area contributed by atoms with Crippen molar-refractivity contribution in [1.29, 1.82) is 0 Å². The van der Waals surface area contributed by atoms with E-state index in [1.165, 1.54) is 0 Å². The molecule has 0 N–H and O–H groups in total. The number of ether oxygens (including phenoxy) is 1. The molecule has 1 aliphatic heterocycles. The number of benzene rings is 2. The fraction of sp³-hybridized carbons (Fsp3) is 0.0625. The Kier molecular flexibility index (Phi) is 3.13.